The molecule has 1 aromatic carbocycles. The van der Waals surface area contributed by atoms with E-state index in [4.69, 9.17) is 16.3 Å². The van der Waals surface area contributed by atoms with Crippen LogP contribution in [0.25, 0.3) is 0 Å². The Hall–Kier alpha value is -1.82. The average Bonchev–Trinajstić information content (AvgIpc) is 3.14. The topological polar surface area (TPSA) is 58.6 Å². The van der Waals surface area contributed by atoms with Crippen LogP contribution in [0.1, 0.15) is 52.0 Å². The molecule has 148 valence electrons. The van der Waals surface area contributed by atoms with E-state index < -0.39 is 23.6 Å². The Morgan fingerprint density at radius 2 is 2.07 bits per heavy atom. The second-order valence-electron chi connectivity index (χ2n) is 8.33. The molecule has 2 amide bonds. The Balaban J connectivity index is 1.71. The van der Waals surface area contributed by atoms with Crippen molar-refractivity contribution < 1.29 is 18.7 Å². The summed E-state index contributed by atoms with van der Waals surface area (Å²) < 4.78 is 19.6. The van der Waals surface area contributed by atoms with Gasteiger partial charge in [-0.15, -0.1) is 0 Å². The normalized spacial score (nSPS) is 24.6. The lowest BCUT2D eigenvalue weighted by Crippen LogP contribution is -2.50. The minimum Gasteiger partial charge on any atom is -0.444 e. The Morgan fingerprint density at radius 1 is 1.33 bits per heavy atom. The van der Waals surface area contributed by atoms with Gasteiger partial charge in [0.15, 0.2) is 0 Å². The van der Waals surface area contributed by atoms with Crippen molar-refractivity contribution in [3.05, 3.63) is 34.6 Å². The lowest BCUT2D eigenvalue weighted by atomic mass is 10.0. The van der Waals surface area contributed by atoms with Crippen molar-refractivity contribution >= 4 is 23.6 Å². The van der Waals surface area contributed by atoms with Gasteiger partial charge >= 0.3 is 6.09 Å². The molecule has 1 N–H and O–H groups in total. The predicted molar refractivity (Wildman–Crippen MR) is 101 cm³/mol. The molecular weight excluding hydrogens is 371 g/mol. The maximum atomic E-state index is 14.0. The summed E-state index contributed by atoms with van der Waals surface area (Å²) >= 11 is 5.79. The molecule has 3 atom stereocenters. The van der Waals surface area contributed by atoms with Crippen molar-refractivity contribution in [2.24, 2.45) is 5.92 Å². The molecule has 2 fully saturated rings. The first-order chi connectivity index (χ1) is 12.7. The molecule has 3 rings (SSSR count). The Morgan fingerprint density at radius 3 is 2.78 bits per heavy atom. The summed E-state index contributed by atoms with van der Waals surface area (Å²) in [5.74, 6) is -0.502. The number of fused-ring (bicyclic) bond motifs is 1. The van der Waals surface area contributed by atoms with Crippen LogP contribution in [0.3, 0.4) is 0 Å². The number of hydrogen-bond donors (Lipinski definition) is 1. The zero-order valence-electron chi connectivity index (χ0n) is 15.9. The SMILES string of the molecule is CC(C)(C)OC(=O)N1[C@H](C(=O)NCc2cccc(Cl)c2F)C[C@@H]2CCC[C@@H]21. The molecule has 0 aromatic heterocycles. The van der Waals surface area contributed by atoms with Crippen LogP contribution >= 0.6 is 11.6 Å². The van der Waals surface area contributed by atoms with Crippen molar-refractivity contribution in [2.75, 3.05) is 0 Å². The molecule has 1 aliphatic heterocycles. The number of nitrogens with zero attached hydrogens (tertiary/aromatic N) is 1. The summed E-state index contributed by atoms with van der Waals surface area (Å²) in [7, 11) is 0. The molecule has 7 heteroatoms. The molecule has 0 bridgehead atoms. The summed E-state index contributed by atoms with van der Waals surface area (Å²) in [6.45, 7) is 5.46. The van der Waals surface area contributed by atoms with E-state index in [2.05, 4.69) is 5.32 Å². The average molecular weight is 397 g/mol. The quantitative estimate of drug-likeness (QED) is 0.829. The fourth-order valence-electron chi connectivity index (χ4n) is 4.09. The van der Waals surface area contributed by atoms with E-state index in [0.717, 1.165) is 19.3 Å². The molecule has 0 unspecified atom stereocenters. The Bertz CT molecular complexity index is 734. The second-order valence-corrected chi connectivity index (χ2v) is 8.74. The highest BCUT2D eigenvalue weighted by Crippen LogP contribution is 2.42. The van der Waals surface area contributed by atoms with Gasteiger partial charge in [-0.2, -0.15) is 0 Å². The summed E-state index contributed by atoms with van der Waals surface area (Å²) in [6, 6.07) is 4.14. The van der Waals surface area contributed by atoms with Gasteiger partial charge < -0.3 is 10.1 Å². The molecule has 1 aliphatic carbocycles. The van der Waals surface area contributed by atoms with Gasteiger partial charge in [0.05, 0.1) is 5.02 Å². The van der Waals surface area contributed by atoms with Gasteiger partial charge in [-0.05, 0) is 52.0 Å². The van der Waals surface area contributed by atoms with E-state index in [1.807, 2.05) is 20.8 Å². The van der Waals surface area contributed by atoms with Gasteiger partial charge in [0.25, 0.3) is 0 Å². The number of carbonyl (C=O) groups is 2. The van der Waals surface area contributed by atoms with E-state index in [1.54, 1.807) is 17.0 Å². The standard InChI is InChI=1S/C20H26ClFN2O3/c1-20(2,3)27-19(26)24-15-9-5-6-12(15)10-16(24)18(25)23-11-13-7-4-8-14(21)17(13)22/h4,7-8,12,15-16H,5-6,9-11H2,1-3H3,(H,23,25)/t12-,15-,16-/m0/s1. The third-order valence-corrected chi connectivity index (χ3v) is 5.52. The molecule has 1 aromatic rings. The highest BCUT2D eigenvalue weighted by molar-refractivity contribution is 6.30. The second kappa shape index (κ2) is 7.66. The molecule has 1 heterocycles. The number of ether oxygens (including phenoxy) is 1. The minimum absolute atomic E-state index is 0.0209. The van der Waals surface area contributed by atoms with Gasteiger partial charge in [-0.25, -0.2) is 9.18 Å². The Kier molecular flexibility index (Phi) is 5.65. The summed E-state index contributed by atoms with van der Waals surface area (Å²) in [5, 5.41) is 2.78. The first-order valence-corrected chi connectivity index (χ1v) is 9.77. The number of benzene rings is 1. The van der Waals surface area contributed by atoms with Gasteiger partial charge in [-0.3, -0.25) is 9.69 Å². The zero-order chi connectivity index (χ0) is 19.8. The molecule has 1 saturated heterocycles. The maximum Gasteiger partial charge on any atom is 0.411 e. The number of nitrogens with one attached hydrogen (secondary N) is 1. The van der Waals surface area contributed by atoms with E-state index in [0.29, 0.717) is 17.9 Å². The van der Waals surface area contributed by atoms with Gasteiger partial charge in [-0.1, -0.05) is 30.2 Å². The van der Waals surface area contributed by atoms with Crippen LogP contribution < -0.4 is 5.32 Å². The highest BCUT2D eigenvalue weighted by Gasteiger charge is 2.49. The fraction of sp³-hybridized carbons (Fsp3) is 0.600. The van der Waals surface area contributed by atoms with E-state index >= 15 is 0 Å². The molecular formula is C20H26ClFN2O3. The monoisotopic (exact) mass is 396 g/mol. The number of hydrogen-bond acceptors (Lipinski definition) is 3. The van der Waals surface area contributed by atoms with Crippen LogP contribution in [0.2, 0.25) is 5.02 Å². The summed E-state index contributed by atoms with van der Waals surface area (Å²) in [4.78, 5) is 27.2. The smallest absolute Gasteiger partial charge is 0.411 e. The number of rotatable bonds is 3. The van der Waals surface area contributed by atoms with Crippen molar-refractivity contribution in [3.8, 4) is 0 Å². The molecule has 2 aliphatic rings. The van der Waals surface area contributed by atoms with Crippen LogP contribution in [-0.2, 0) is 16.1 Å². The van der Waals surface area contributed by atoms with Crippen LogP contribution in [0.4, 0.5) is 9.18 Å². The van der Waals surface area contributed by atoms with Crippen molar-refractivity contribution in [1.82, 2.24) is 10.2 Å². The van der Waals surface area contributed by atoms with Crippen LogP contribution in [0, 0.1) is 11.7 Å². The van der Waals surface area contributed by atoms with Crippen molar-refractivity contribution in [1.29, 1.82) is 0 Å². The lowest BCUT2D eigenvalue weighted by Gasteiger charge is -2.31. The number of likely N-dealkylation sites (tertiary alicyclic amines) is 1. The zero-order valence-corrected chi connectivity index (χ0v) is 16.7. The first kappa shape index (κ1) is 19.9. The Labute approximate surface area is 164 Å². The van der Waals surface area contributed by atoms with Crippen LogP contribution in [0.5, 0.6) is 0 Å². The number of amides is 2. The first-order valence-electron chi connectivity index (χ1n) is 9.39. The number of carbonyl (C=O) groups excluding carboxylic acids is 2. The third-order valence-electron chi connectivity index (χ3n) is 5.23. The minimum atomic E-state index is -0.626. The highest BCUT2D eigenvalue weighted by atomic mass is 35.5. The van der Waals surface area contributed by atoms with Crippen LogP contribution in [-0.4, -0.2) is 34.6 Å². The van der Waals surface area contributed by atoms with Crippen molar-refractivity contribution in [2.45, 2.75) is 70.7 Å². The van der Waals surface area contributed by atoms with E-state index in [9.17, 15) is 14.0 Å². The van der Waals surface area contributed by atoms with Gasteiger partial charge in [0.2, 0.25) is 5.91 Å². The predicted octanol–water partition coefficient (Wildman–Crippen LogP) is 4.27. The van der Waals surface area contributed by atoms with Crippen LogP contribution in [0.15, 0.2) is 18.2 Å². The molecule has 1 saturated carbocycles. The molecule has 0 spiro atoms. The molecule has 5 nitrogen and oxygen atoms in total. The fourth-order valence-corrected chi connectivity index (χ4v) is 4.28. The maximum absolute atomic E-state index is 14.0. The van der Waals surface area contributed by atoms with Gasteiger partial charge in [0, 0.05) is 18.2 Å². The largest absolute Gasteiger partial charge is 0.444 e. The third kappa shape index (κ3) is 4.37. The van der Waals surface area contributed by atoms with Crippen molar-refractivity contribution in [3.63, 3.8) is 0 Å². The molecule has 27 heavy (non-hydrogen) atoms. The van der Waals surface area contributed by atoms with Gasteiger partial charge in [0.1, 0.15) is 17.5 Å². The van der Waals surface area contributed by atoms with E-state index in [1.165, 1.54) is 6.07 Å². The summed E-state index contributed by atoms with van der Waals surface area (Å²) in [6.07, 6.45) is 3.11. The van der Waals surface area contributed by atoms with E-state index in [-0.39, 0.29) is 23.5 Å². The molecule has 0 radical (unpaired) electrons. The number of halogens is 2. The summed E-state index contributed by atoms with van der Waals surface area (Å²) in [5.41, 5.74) is -0.309. The lowest BCUT2D eigenvalue weighted by molar-refractivity contribution is -0.126.